The molecule has 0 unspecified atom stereocenters. The molecule has 3 heterocycles. The van der Waals surface area contributed by atoms with Crippen LogP contribution in [0.3, 0.4) is 0 Å². The summed E-state index contributed by atoms with van der Waals surface area (Å²) in [4.78, 5) is 12.1. The van der Waals surface area contributed by atoms with Crippen LogP contribution in [-0.4, -0.2) is 35.5 Å². The minimum atomic E-state index is -2.39. The zero-order valence-electron chi connectivity index (χ0n) is 13.1. The second-order valence-electron chi connectivity index (χ2n) is 5.87. The molecule has 1 aromatic heterocycles. The largest absolute Gasteiger partial charge is 0.318 e. The minimum Gasteiger partial charge on any atom is -0.318 e. The number of piperidine rings is 1. The Kier molecular flexibility index (Phi) is 4.86. The van der Waals surface area contributed by atoms with Crippen LogP contribution in [0.5, 0.6) is 0 Å². The number of aromatic nitrogens is 1. The standard InChI is InChI=1S/C15H23N2O3PS/c1-3-19-21(22,20-4-2)16-9-12-8-13(11-16)14-6-5-7-15(18)17(14)10-12/h5-7,12-13H,3-4,8-11H2,1-2H3/t12-,13-/m0/s1. The molecule has 2 atom stereocenters. The van der Waals surface area contributed by atoms with Crippen molar-refractivity contribution in [2.75, 3.05) is 26.3 Å². The first-order chi connectivity index (χ1) is 10.6. The Morgan fingerprint density at radius 2 is 1.95 bits per heavy atom. The molecule has 1 saturated heterocycles. The molecule has 7 heteroatoms. The van der Waals surface area contributed by atoms with Gasteiger partial charge in [-0.1, -0.05) is 6.07 Å². The smallest absolute Gasteiger partial charge is 0.263 e. The average molecular weight is 342 g/mol. The molecule has 2 aliphatic rings. The molecule has 0 amide bonds. The highest BCUT2D eigenvalue weighted by Crippen LogP contribution is 2.55. The van der Waals surface area contributed by atoms with E-state index in [2.05, 4.69) is 10.7 Å². The van der Waals surface area contributed by atoms with Crippen molar-refractivity contribution in [3.63, 3.8) is 0 Å². The summed E-state index contributed by atoms with van der Waals surface area (Å²) in [6.45, 7) is 5.11. The van der Waals surface area contributed by atoms with Crippen LogP contribution in [-0.2, 0) is 27.4 Å². The van der Waals surface area contributed by atoms with E-state index in [4.69, 9.17) is 20.9 Å². The number of hydrogen-bond donors (Lipinski definition) is 0. The van der Waals surface area contributed by atoms with Gasteiger partial charge in [-0.15, -0.1) is 0 Å². The van der Waals surface area contributed by atoms with E-state index in [1.807, 2.05) is 24.5 Å². The lowest BCUT2D eigenvalue weighted by Gasteiger charge is -2.45. The molecule has 2 aliphatic heterocycles. The summed E-state index contributed by atoms with van der Waals surface area (Å²) >= 11 is 5.75. The van der Waals surface area contributed by atoms with Crippen molar-refractivity contribution in [2.45, 2.75) is 32.7 Å². The quantitative estimate of drug-likeness (QED) is 0.770. The maximum absolute atomic E-state index is 12.1. The fourth-order valence-corrected chi connectivity index (χ4v) is 6.51. The van der Waals surface area contributed by atoms with Gasteiger partial charge in [0.15, 0.2) is 0 Å². The van der Waals surface area contributed by atoms with Crippen LogP contribution in [0.2, 0.25) is 0 Å². The van der Waals surface area contributed by atoms with Crippen LogP contribution in [0.4, 0.5) is 0 Å². The summed E-state index contributed by atoms with van der Waals surface area (Å²) in [7, 11) is 0. The molecule has 3 rings (SSSR count). The summed E-state index contributed by atoms with van der Waals surface area (Å²) in [5.41, 5.74) is 1.23. The second-order valence-corrected chi connectivity index (χ2v) is 9.28. The topological polar surface area (TPSA) is 43.7 Å². The van der Waals surface area contributed by atoms with E-state index >= 15 is 0 Å². The predicted octanol–water partition coefficient (Wildman–Crippen LogP) is 2.56. The lowest BCUT2D eigenvalue weighted by molar-refractivity contribution is 0.144. The molecule has 0 radical (unpaired) electrons. The van der Waals surface area contributed by atoms with Crippen LogP contribution in [0.15, 0.2) is 23.0 Å². The average Bonchev–Trinajstić information content (AvgIpc) is 2.49. The molecule has 0 aromatic carbocycles. The third kappa shape index (κ3) is 2.95. The van der Waals surface area contributed by atoms with Gasteiger partial charge in [-0.3, -0.25) is 4.79 Å². The van der Waals surface area contributed by atoms with Crippen molar-refractivity contribution in [1.82, 2.24) is 9.24 Å². The van der Waals surface area contributed by atoms with E-state index in [0.29, 0.717) is 25.0 Å². The fraction of sp³-hybridized carbons (Fsp3) is 0.667. The van der Waals surface area contributed by atoms with Gasteiger partial charge in [0.1, 0.15) is 0 Å². The predicted molar refractivity (Wildman–Crippen MR) is 90.7 cm³/mol. The number of nitrogens with zero attached hydrogens (tertiary/aromatic N) is 2. The van der Waals surface area contributed by atoms with Crippen molar-refractivity contribution in [2.24, 2.45) is 5.92 Å². The lowest BCUT2D eigenvalue weighted by Crippen LogP contribution is -2.46. The van der Waals surface area contributed by atoms with E-state index in [-0.39, 0.29) is 5.56 Å². The number of rotatable bonds is 5. The summed E-state index contributed by atoms with van der Waals surface area (Å²) in [5.74, 6) is 0.777. The van der Waals surface area contributed by atoms with Gasteiger partial charge in [-0.05, 0) is 44.1 Å². The Morgan fingerprint density at radius 3 is 2.64 bits per heavy atom. The summed E-state index contributed by atoms with van der Waals surface area (Å²) in [6, 6.07) is 5.57. The van der Waals surface area contributed by atoms with Crippen LogP contribution in [0, 0.1) is 5.92 Å². The van der Waals surface area contributed by atoms with Crippen LogP contribution >= 0.6 is 6.64 Å². The third-order valence-electron chi connectivity index (χ3n) is 4.39. The molecule has 0 N–H and O–H groups in total. The highest BCUT2D eigenvalue weighted by atomic mass is 32.5. The van der Waals surface area contributed by atoms with E-state index in [1.165, 1.54) is 0 Å². The van der Waals surface area contributed by atoms with Crippen molar-refractivity contribution in [1.29, 1.82) is 0 Å². The fourth-order valence-electron chi connectivity index (χ4n) is 3.60. The van der Waals surface area contributed by atoms with Crippen molar-refractivity contribution in [3.05, 3.63) is 34.2 Å². The molecule has 1 aromatic rings. The van der Waals surface area contributed by atoms with Crippen LogP contribution < -0.4 is 5.56 Å². The Balaban J connectivity index is 1.89. The molecule has 0 spiro atoms. The van der Waals surface area contributed by atoms with Gasteiger partial charge >= 0.3 is 0 Å². The van der Waals surface area contributed by atoms with Gasteiger partial charge in [0.25, 0.3) is 12.2 Å². The first-order valence-corrected chi connectivity index (χ1v) is 10.5. The van der Waals surface area contributed by atoms with Gasteiger partial charge in [-0.25, -0.2) is 4.67 Å². The van der Waals surface area contributed by atoms with Crippen molar-refractivity contribution < 1.29 is 9.05 Å². The number of hydrogen-bond acceptors (Lipinski definition) is 4. The molecule has 0 saturated carbocycles. The lowest BCUT2D eigenvalue weighted by atomic mass is 9.84. The zero-order valence-corrected chi connectivity index (χ0v) is 14.8. The Hall–Kier alpha value is -0.520. The molecule has 2 bridgehead atoms. The van der Waals surface area contributed by atoms with Crippen LogP contribution in [0.1, 0.15) is 31.9 Å². The number of fused-ring (bicyclic) bond motifs is 4. The Bertz CT molecular complexity index is 638. The molecule has 0 aliphatic carbocycles. The van der Waals surface area contributed by atoms with E-state index in [0.717, 1.165) is 31.7 Å². The normalized spacial score (nSPS) is 25.0. The zero-order chi connectivity index (χ0) is 15.7. The Labute approximate surface area is 136 Å². The molecular weight excluding hydrogens is 319 g/mol. The van der Waals surface area contributed by atoms with Crippen LogP contribution in [0.25, 0.3) is 0 Å². The summed E-state index contributed by atoms with van der Waals surface area (Å²) in [6.07, 6.45) is 1.12. The van der Waals surface area contributed by atoms with Gasteiger partial charge in [0, 0.05) is 37.3 Å². The first-order valence-electron chi connectivity index (χ1n) is 7.91. The monoisotopic (exact) mass is 342 g/mol. The van der Waals surface area contributed by atoms with Crippen molar-refractivity contribution in [3.8, 4) is 0 Å². The van der Waals surface area contributed by atoms with E-state index in [9.17, 15) is 4.79 Å². The van der Waals surface area contributed by atoms with Gasteiger partial charge in [0.2, 0.25) is 0 Å². The van der Waals surface area contributed by atoms with Gasteiger partial charge in [-0.2, -0.15) is 0 Å². The maximum Gasteiger partial charge on any atom is 0.263 e. The summed E-state index contributed by atoms with van der Waals surface area (Å²) in [5, 5.41) is 0. The highest BCUT2D eigenvalue weighted by Gasteiger charge is 2.40. The Morgan fingerprint density at radius 1 is 1.23 bits per heavy atom. The molecule has 5 nitrogen and oxygen atoms in total. The SMILES string of the molecule is CCOP(=S)(OCC)N1C[C@@H]2C[C@@H](C1)c1cccc(=O)n1C2. The van der Waals surface area contributed by atoms with E-state index in [1.54, 1.807) is 6.07 Å². The van der Waals surface area contributed by atoms with Gasteiger partial charge < -0.3 is 13.6 Å². The number of pyridine rings is 1. The maximum atomic E-state index is 12.1. The third-order valence-corrected chi connectivity index (χ3v) is 7.91. The molecule has 1 fully saturated rings. The van der Waals surface area contributed by atoms with Crippen molar-refractivity contribution >= 4 is 18.4 Å². The minimum absolute atomic E-state index is 0.106. The summed E-state index contributed by atoms with van der Waals surface area (Å²) < 4.78 is 15.9. The van der Waals surface area contributed by atoms with E-state index < -0.39 is 6.64 Å². The molecular formula is C15H23N2O3PS. The highest BCUT2D eigenvalue weighted by molar-refractivity contribution is 8.08. The first kappa shape index (κ1) is 16.3. The molecule has 122 valence electrons. The van der Waals surface area contributed by atoms with Gasteiger partial charge in [0.05, 0.1) is 13.2 Å². The second kappa shape index (κ2) is 6.54. The molecule has 22 heavy (non-hydrogen) atoms.